The van der Waals surface area contributed by atoms with Gasteiger partial charge in [-0.3, -0.25) is 4.79 Å². The van der Waals surface area contributed by atoms with Crippen molar-refractivity contribution in [1.82, 2.24) is 0 Å². The molecule has 1 rings (SSSR count). The molecule has 1 atom stereocenters. The van der Waals surface area contributed by atoms with Gasteiger partial charge in [0, 0.05) is 15.5 Å². The molecule has 1 unspecified atom stereocenters. The molecule has 0 aliphatic heterocycles. The van der Waals surface area contributed by atoms with Crippen LogP contribution in [-0.4, -0.2) is 16.9 Å². The van der Waals surface area contributed by atoms with E-state index in [0.717, 1.165) is 4.90 Å². The maximum atomic E-state index is 11.7. The van der Waals surface area contributed by atoms with E-state index in [-0.39, 0.29) is 10.6 Å². The van der Waals surface area contributed by atoms with Crippen molar-refractivity contribution < 1.29 is 4.79 Å². The van der Waals surface area contributed by atoms with Crippen molar-refractivity contribution in [3.05, 3.63) is 28.8 Å². The topological polar surface area (TPSA) is 17.1 Å². The van der Waals surface area contributed by atoms with Gasteiger partial charge in [-0.1, -0.05) is 27.5 Å². The van der Waals surface area contributed by atoms with Crippen molar-refractivity contribution in [3.8, 4) is 0 Å². The minimum Gasteiger partial charge on any atom is -0.293 e. The molecule has 0 heterocycles. The van der Waals surface area contributed by atoms with Crippen LogP contribution in [0, 0.1) is 0 Å². The summed E-state index contributed by atoms with van der Waals surface area (Å²) in [6.45, 7) is 1.81. The monoisotopic (exact) mass is 292 g/mol. The predicted octanol–water partition coefficient (Wildman–Crippen LogP) is 4.03. The van der Waals surface area contributed by atoms with Crippen LogP contribution in [0.25, 0.3) is 0 Å². The molecular weight excluding hydrogens is 284 g/mol. The largest absolute Gasteiger partial charge is 0.293 e. The van der Waals surface area contributed by atoms with Crippen molar-refractivity contribution >= 4 is 45.1 Å². The van der Waals surface area contributed by atoms with E-state index in [1.165, 1.54) is 0 Å². The molecule has 14 heavy (non-hydrogen) atoms. The van der Waals surface area contributed by atoms with E-state index >= 15 is 0 Å². The molecule has 0 bridgehead atoms. The molecule has 0 radical (unpaired) electrons. The van der Waals surface area contributed by atoms with E-state index < -0.39 is 0 Å². The Morgan fingerprint density at radius 2 is 2.14 bits per heavy atom. The Kier molecular flexibility index (Phi) is 4.48. The average Bonchev–Trinajstić information content (AvgIpc) is 2.15. The highest BCUT2D eigenvalue weighted by Crippen LogP contribution is 2.23. The first-order valence-corrected chi connectivity index (χ1v) is 6.59. The van der Waals surface area contributed by atoms with Crippen LogP contribution in [0.15, 0.2) is 23.1 Å². The van der Waals surface area contributed by atoms with E-state index in [0.29, 0.717) is 10.6 Å². The second kappa shape index (κ2) is 5.19. The van der Waals surface area contributed by atoms with Crippen molar-refractivity contribution in [3.63, 3.8) is 0 Å². The number of rotatable bonds is 3. The second-order valence-electron chi connectivity index (χ2n) is 2.86. The molecule has 0 fully saturated rings. The van der Waals surface area contributed by atoms with Crippen molar-refractivity contribution in [1.29, 1.82) is 0 Å². The molecular formula is C10H10BrClOS. The zero-order chi connectivity index (χ0) is 10.7. The van der Waals surface area contributed by atoms with Gasteiger partial charge in [0.1, 0.15) is 0 Å². The lowest BCUT2D eigenvalue weighted by molar-refractivity contribution is 0.0995. The molecule has 0 N–H and O–H groups in total. The highest BCUT2D eigenvalue weighted by atomic mass is 79.9. The Bertz CT molecular complexity index is 352. The second-order valence-corrected chi connectivity index (χ2v) is 5.55. The number of hydrogen-bond acceptors (Lipinski definition) is 2. The van der Waals surface area contributed by atoms with Gasteiger partial charge in [-0.15, -0.1) is 11.8 Å². The van der Waals surface area contributed by atoms with Crippen LogP contribution in [0.2, 0.25) is 5.02 Å². The summed E-state index contributed by atoms with van der Waals surface area (Å²) in [6, 6.07) is 5.40. The van der Waals surface area contributed by atoms with Gasteiger partial charge in [-0.05, 0) is 31.4 Å². The maximum absolute atomic E-state index is 11.7. The summed E-state index contributed by atoms with van der Waals surface area (Å²) < 4.78 is 0. The summed E-state index contributed by atoms with van der Waals surface area (Å²) in [5.41, 5.74) is 0.659. The molecule has 0 aromatic heterocycles. The fraction of sp³-hybridized carbons (Fsp3) is 0.300. The van der Waals surface area contributed by atoms with Gasteiger partial charge >= 0.3 is 0 Å². The molecule has 0 aliphatic carbocycles. The molecule has 0 saturated heterocycles. The predicted molar refractivity (Wildman–Crippen MR) is 66.0 cm³/mol. The molecule has 4 heteroatoms. The van der Waals surface area contributed by atoms with Gasteiger partial charge in [0.2, 0.25) is 0 Å². The summed E-state index contributed by atoms with van der Waals surface area (Å²) in [5, 5.41) is 0.605. The van der Waals surface area contributed by atoms with Gasteiger partial charge in [0.05, 0.1) is 4.83 Å². The summed E-state index contributed by atoms with van der Waals surface area (Å²) in [4.78, 5) is 12.5. The fourth-order valence-electron chi connectivity index (χ4n) is 1.05. The number of Topliss-reactive ketones (excluding diaryl/α,β-unsaturated/α-hetero) is 1. The van der Waals surface area contributed by atoms with Crippen LogP contribution in [0.1, 0.15) is 17.3 Å². The lowest BCUT2D eigenvalue weighted by atomic mass is 10.1. The molecule has 0 amide bonds. The molecule has 1 aromatic carbocycles. The smallest absolute Gasteiger partial charge is 0.176 e. The number of hydrogen-bond donors (Lipinski definition) is 0. The third-order valence-corrected chi connectivity index (χ3v) is 3.09. The molecule has 0 aliphatic rings. The lowest BCUT2D eigenvalue weighted by Crippen LogP contribution is -2.09. The number of carbonyl (C=O) groups is 1. The lowest BCUT2D eigenvalue weighted by Gasteiger charge is -2.05. The minimum atomic E-state index is -0.171. The van der Waals surface area contributed by atoms with Gasteiger partial charge in [-0.2, -0.15) is 0 Å². The van der Waals surface area contributed by atoms with Crippen LogP contribution in [0.3, 0.4) is 0 Å². The van der Waals surface area contributed by atoms with Crippen LogP contribution >= 0.6 is 39.3 Å². The summed E-state index contributed by atoms with van der Waals surface area (Å²) in [6.07, 6.45) is 1.96. The number of benzene rings is 1. The van der Waals surface area contributed by atoms with E-state index in [1.807, 2.05) is 25.3 Å². The summed E-state index contributed by atoms with van der Waals surface area (Å²) in [7, 11) is 0. The van der Waals surface area contributed by atoms with Gasteiger partial charge in [0.15, 0.2) is 5.78 Å². The number of thioether (sulfide) groups is 1. The normalized spacial score (nSPS) is 12.6. The highest BCUT2D eigenvalue weighted by Gasteiger charge is 2.12. The van der Waals surface area contributed by atoms with Crippen molar-refractivity contribution in [2.45, 2.75) is 16.6 Å². The molecule has 0 spiro atoms. The van der Waals surface area contributed by atoms with Crippen LogP contribution in [0.5, 0.6) is 0 Å². The molecule has 76 valence electrons. The minimum absolute atomic E-state index is 0.0581. The highest BCUT2D eigenvalue weighted by molar-refractivity contribution is 9.10. The Balaban J connectivity index is 3.09. The molecule has 1 nitrogen and oxygen atoms in total. The summed E-state index contributed by atoms with van der Waals surface area (Å²) in [5.74, 6) is 0.0581. The third-order valence-electron chi connectivity index (χ3n) is 1.75. The Labute approximate surface area is 101 Å². The number of alkyl halides is 1. The van der Waals surface area contributed by atoms with E-state index in [1.54, 1.807) is 17.8 Å². The molecule has 1 aromatic rings. The Morgan fingerprint density at radius 1 is 1.50 bits per heavy atom. The standard InChI is InChI=1S/C10H10BrClOS/c1-6(11)10(13)7-3-8(12)5-9(4-7)14-2/h3-6H,1-2H3. The van der Waals surface area contributed by atoms with Crippen molar-refractivity contribution in [2.24, 2.45) is 0 Å². The first-order chi connectivity index (χ1) is 6.54. The number of ketones is 1. The number of halogens is 2. The van der Waals surface area contributed by atoms with Crippen LogP contribution in [0.4, 0.5) is 0 Å². The van der Waals surface area contributed by atoms with Crippen LogP contribution < -0.4 is 0 Å². The van der Waals surface area contributed by atoms with Crippen molar-refractivity contribution in [2.75, 3.05) is 6.26 Å². The van der Waals surface area contributed by atoms with E-state index in [2.05, 4.69) is 15.9 Å². The van der Waals surface area contributed by atoms with Gasteiger partial charge in [0.25, 0.3) is 0 Å². The Hall–Kier alpha value is 0.01000. The third kappa shape index (κ3) is 3.01. The summed E-state index contributed by atoms with van der Waals surface area (Å²) >= 11 is 10.7. The van der Waals surface area contributed by atoms with Gasteiger partial charge < -0.3 is 0 Å². The maximum Gasteiger partial charge on any atom is 0.176 e. The van der Waals surface area contributed by atoms with Crippen LogP contribution in [-0.2, 0) is 0 Å². The van der Waals surface area contributed by atoms with Gasteiger partial charge in [-0.25, -0.2) is 0 Å². The fourth-order valence-corrected chi connectivity index (χ4v) is 2.11. The molecule has 0 saturated carbocycles. The average molecular weight is 294 g/mol. The van der Waals surface area contributed by atoms with E-state index in [9.17, 15) is 4.79 Å². The quantitative estimate of drug-likeness (QED) is 0.475. The van der Waals surface area contributed by atoms with E-state index in [4.69, 9.17) is 11.6 Å². The SMILES string of the molecule is CSc1cc(Cl)cc(C(=O)C(C)Br)c1. The Morgan fingerprint density at radius 3 is 2.64 bits per heavy atom. The zero-order valence-corrected chi connectivity index (χ0v) is 11.0. The number of carbonyl (C=O) groups excluding carboxylic acids is 1. The first-order valence-electron chi connectivity index (χ1n) is 4.07. The zero-order valence-electron chi connectivity index (χ0n) is 7.88. The first kappa shape index (κ1) is 12.1.